The summed E-state index contributed by atoms with van der Waals surface area (Å²) in [7, 11) is 0. The van der Waals surface area contributed by atoms with Gasteiger partial charge in [-0.1, -0.05) is 6.92 Å². The third-order valence-corrected chi connectivity index (χ3v) is 4.02. The molecule has 0 spiro atoms. The van der Waals surface area contributed by atoms with Crippen molar-refractivity contribution in [1.29, 1.82) is 0 Å². The molecule has 0 radical (unpaired) electrons. The zero-order valence-corrected chi connectivity index (χ0v) is 11.2. The molecule has 0 unspecified atom stereocenters. The van der Waals surface area contributed by atoms with Crippen LogP contribution in [0.4, 0.5) is 0 Å². The van der Waals surface area contributed by atoms with E-state index >= 15 is 0 Å². The van der Waals surface area contributed by atoms with Crippen LogP contribution in [0.15, 0.2) is 6.20 Å². The first-order valence-corrected chi connectivity index (χ1v) is 7.50. The molecule has 0 amide bonds. The van der Waals surface area contributed by atoms with Gasteiger partial charge in [-0.25, -0.2) is 4.98 Å². The molecule has 0 aliphatic carbocycles. The molecule has 86 valence electrons. The number of hydrogen-bond donors (Lipinski definition) is 1. The molecule has 1 aromatic heterocycles. The fourth-order valence-electron chi connectivity index (χ4n) is 1.30. The lowest BCUT2D eigenvalue weighted by atomic mass is 10.3. The normalized spacial score (nSPS) is 10.8. The van der Waals surface area contributed by atoms with Crippen molar-refractivity contribution in [3.8, 4) is 0 Å². The molecule has 1 aromatic rings. The van der Waals surface area contributed by atoms with Crippen LogP contribution < -0.4 is 5.32 Å². The minimum Gasteiger partial charge on any atom is -0.316 e. The van der Waals surface area contributed by atoms with Gasteiger partial charge in [0.05, 0.1) is 5.01 Å². The quantitative estimate of drug-likeness (QED) is 0.712. The summed E-state index contributed by atoms with van der Waals surface area (Å²) in [6.07, 6.45) is 4.39. The van der Waals surface area contributed by atoms with Crippen molar-refractivity contribution < 1.29 is 0 Å². The van der Waals surface area contributed by atoms with Crippen LogP contribution in [0.5, 0.6) is 0 Å². The van der Waals surface area contributed by atoms with Gasteiger partial charge in [0.15, 0.2) is 0 Å². The number of nitrogens with zero attached hydrogens (tertiary/aromatic N) is 1. The van der Waals surface area contributed by atoms with Crippen molar-refractivity contribution in [1.82, 2.24) is 10.3 Å². The third-order valence-electron chi connectivity index (χ3n) is 2.06. The predicted octanol–water partition coefficient (Wildman–Crippen LogP) is 2.73. The maximum Gasteiger partial charge on any atom is 0.0896 e. The van der Waals surface area contributed by atoms with Gasteiger partial charge in [-0.2, -0.15) is 11.8 Å². The van der Waals surface area contributed by atoms with Crippen LogP contribution in [0.3, 0.4) is 0 Å². The standard InChI is InChI=1S/C11H20N2S2/c1-3-14-8-4-6-12-7-5-11-9-13-10(2)15-11/h9,12H,3-8H2,1-2H3. The van der Waals surface area contributed by atoms with E-state index < -0.39 is 0 Å². The highest BCUT2D eigenvalue weighted by Gasteiger charge is 1.97. The number of nitrogens with one attached hydrogen (secondary N) is 1. The molecule has 1 heterocycles. The number of aromatic nitrogens is 1. The van der Waals surface area contributed by atoms with Gasteiger partial charge in [-0.3, -0.25) is 0 Å². The monoisotopic (exact) mass is 244 g/mol. The fraction of sp³-hybridized carbons (Fsp3) is 0.727. The summed E-state index contributed by atoms with van der Waals surface area (Å²) < 4.78 is 0. The van der Waals surface area contributed by atoms with Gasteiger partial charge in [0.25, 0.3) is 0 Å². The van der Waals surface area contributed by atoms with E-state index in [9.17, 15) is 0 Å². The lowest BCUT2D eigenvalue weighted by Crippen LogP contribution is -2.18. The molecule has 2 nitrogen and oxygen atoms in total. The first kappa shape index (κ1) is 13.0. The van der Waals surface area contributed by atoms with Crippen LogP contribution in [0, 0.1) is 6.92 Å². The molecule has 15 heavy (non-hydrogen) atoms. The predicted molar refractivity (Wildman–Crippen MR) is 71.0 cm³/mol. The average Bonchev–Trinajstić information content (AvgIpc) is 2.63. The van der Waals surface area contributed by atoms with Crippen molar-refractivity contribution in [2.75, 3.05) is 24.6 Å². The SMILES string of the molecule is CCSCCCNCCc1cnc(C)s1. The molecule has 1 rings (SSSR count). The van der Waals surface area contributed by atoms with Gasteiger partial charge in [-0.05, 0) is 37.8 Å². The van der Waals surface area contributed by atoms with Crippen LogP contribution in [0.1, 0.15) is 23.2 Å². The number of thiazole rings is 1. The number of rotatable bonds is 8. The summed E-state index contributed by atoms with van der Waals surface area (Å²) in [5.74, 6) is 2.52. The summed E-state index contributed by atoms with van der Waals surface area (Å²) >= 11 is 3.82. The average molecular weight is 244 g/mol. The Bertz CT molecular complexity index is 261. The Morgan fingerprint density at radius 3 is 3.00 bits per heavy atom. The summed E-state index contributed by atoms with van der Waals surface area (Å²) in [5.41, 5.74) is 0. The highest BCUT2D eigenvalue weighted by Crippen LogP contribution is 2.11. The van der Waals surface area contributed by atoms with Crippen molar-refractivity contribution in [2.24, 2.45) is 0 Å². The zero-order chi connectivity index (χ0) is 10.9. The summed E-state index contributed by atoms with van der Waals surface area (Å²) in [6.45, 7) is 6.50. The number of thioether (sulfide) groups is 1. The maximum atomic E-state index is 4.24. The summed E-state index contributed by atoms with van der Waals surface area (Å²) in [6, 6.07) is 0. The Morgan fingerprint density at radius 1 is 1.47 bits per heavy atom. The van der Waals surface area contributed by atoms with Gasteiger partial charge >= 0.3 is 0 Å². The van der Waals surface area contributed by atoms with E-state index in [1.54, 1.807) is 11.3 Å². The smallest absolute Gasteiger partial charge is 0.0896 e. The van der Waals surface area contributed by atoms with Crippen LogP contribution in [-0.4, -0.2) is 29.6 Å². The molecule has 0 aromatic carbocycles. The highest BCUT2D eigenvalue weighted by atomic mass is 32.2. The van der Waals surface area contributed by atoms with Crippen molar-refractivity contribution in [3.63, 3.8) is 0 Å². The highest BCUT2D eigenvalue weighted by molar-refractivity contribution is 7.99. The van der Waals surface area contributed by atoms with Gasteiger partial charge in [0, 0.05) is 17.6 Å². The first-order valence-electron chi connectivity index (χ1n) is 5.52. The lowest BCUT2D eigenvalue weighted by Gasteiger charge is -2.02. The molecular formula is C11H20N2S2. The van der Waals surface area contributed by atoms with E-state index in [0.717, 1.165) is 19.5 Å². The van der Waals surface area contributed by atoms with Gasteiger partial charge in [0.1, 0.15) is 0 Å². The molecule has 4 heteroatoms. The molecule has 0 saturated heterocycles. The Kier molecular flexibility index (Phi) is 7.05. The molecule has 0 aliphatic rings. The molecule has 0 aliphatic heterocycles. The third kappa shape index (κ3) is 6.17. The molecule has 0 bridgehead atoms. The molecule has 0 atom stereocenters. The Balaban J connectivity index is 1.93. The second-order valence-corrected chi connectivity index (χ2v) is 6.11. The van der Waals surface area contributed by atoms with Gasteiger partial charge in [-0.15, -0.1) is 11.3 Å². The summed E-state index contributed by atoms with van der Waals surface area (Å²) in [5, 5.41) is 4.64. The molecule has 0 saturated carbocycles. The van der Waals surface area contributed by atoms with Crippen LogP contribution >= 0.6 is 23.1 Å². The zero-order valence-electron chi connectivity index (χ0n) is 9.58. The first-order chi connectivity index (χ1) is 7.33. The molecule has 0 fully saturated rings. The van der Waals surface area contributed by atoms with Crippen molar-refractivity contribution in [2.45, 2.75) is 26.7 Å². The van der Waals surface area contributed by atoms with E-state index in [4.69, 9.17) is 0 Å². The van der Waals surface area contributed by atoms with Crippen LogP contribution in [-0.2, 0) is 6.42 Å². The summed E-state index contributed by atoms with van der Waals surface area (Å²) in [4.78, 5) is 5.64. The van der Waals surface area contributed by atoms with E-state index in [1.165, 1.54) is 27.8 Å². The van der Waals surface area contributed by atoms with Crippen molar-refractivity contribution >= 4 is 23.1 Å². The second-order valence-electron chi connectivity index (χ2n) is 3.40. The Morgan fingerprint density at radius 2 is 2.33 bits per heavy atom. The van der Waals surface area contributed by atoms with E-state index in [-0.39, 0.29) is 0 Å². The lowest BCUT2D eigenvalue weighted by molar-refractivity contribution is 0.677. The second kappa shape index (κ2) is 8.13. The largest absolute Gasteiger partial charge is 0.316 e. The molecular weight excluding hydrogens is 224 g/mol. The topological polar surface area (TPSA) is 24.9 Å². The van der Waals surface area contributed by atoms with E-state index in [1.807, 2.05) is 18.0 Å². The van der Waals surface area contributed by atoms with Gasteiger partial charge < -0.3 is 5.32 Å². The number of aryl methyl sites for hydroxylation is 1. The Hall–Kier alpha value is -0.0600. The van der Waals surface area contributed by atoms with E-state index in [2.05, 4.69) is 24.1 Å². The number of hydrogen-bond acceptors (Lipinski definition) is 4. The minimum atomic E-state index is 1.08. The van der Waals surface area contributed by atoms with Gasteiger partial charge in [0.2, 0.25) is 0 Å². The fourth-order valence-corrected chi connectivity index (χ4v) is 2.73. The van der Waals surface area contributed by atoms with Crippen LogP contribution in [0.2, 0.25) is 0 Å². The van der Waals surface area contributed by atoms with E-state index in [0.29, 0.717) is 0 Å². The van der Waals surface area contributed by atoms with Crippen LogP contribution in [0.25, 0.3) is 0 Å². The minimum absolute atomic E-state index is 1.08. The molecule has 1 N–H and O–H groups in total. The Labute approximate surface area is 101 Å². The van der Waals surface area contributed by atoms with Crippen molar-refractivity contribution in [3.05, 3.63) is 16.1 Å². The maximum absolute atomic E-state index is 4.24.